The van der Waals surface area contributed by atoms with Gasteiger partial charge in [-0.1, -0.05) is 37.3 Å². The Kier molecular flexibility index (Phi) is 4.56. The van der Waals surface area contributed by atoms with Gasteiger partial charge in [-0.15, -0.1) is 11.3 Å². The molecule has 1 N–H and O–H groups in total. The normalized spacial score (nSPS) is 20.3. The number of imide groups is 1. The molecule has 1 aliphatic rings. The van der Waals surface area contributed by atoms with Gasteiger partial charge in [-0.05, 0) is 40.0 Å². The van der Waals surface area contributed by atoms with Gasteiger partial charge in [-0.2, -0.15) is 0 Å². The van der Waals surface area contributed by atoms with Crippen LogP contribution in [0.1, 0.15) is 28.6 Å². The third kappa shape index (κ3) is 2.78. The van der Waals surface area contributed by atoms with Gasteiger partial charge in [0.25, 0.3) is 5.91 Å². The fourth-order valence-electron chi connectivity index (χ4n) is 2.82. The van der Waals surface area contributed by atoms with E-state index in [0.717, 1.165) is 14.2 Å². The van der Waals surface area contributed by atoms with E-state index in [0.29, 0.717) is 11.3 Å². The van der Waals surface area contributed by atoms with Crippen LogP contribution in [0, 0.1) is 0 Å². The number of ketones is 1. The SMILES string of the molecule is CCC1(c2ccccc2)NC(=O)N(CC(=O)c2ccc(Br)s2)C1=O. The van der Waals surface area contributed by atoms with Crippen molar-refractivity contribution in [2.45, 2.75) is 18.9 Å². The van der Waals surface area contributed by atoms with Crippen LogP contribution in [0.25, 0.3) is 0 Å². The number of nitrogens with zero attached hydrogens (tertiary/aromatic N) is 1. The molecule has 2 aromatic rings. The van der Waals surface area contributed by atoms with Crippen LogP contribution in [0.3, 0.4) is 0 Å². The maximum Gasteiger partial charge on any atom is 0.325 e. The Morgan fingerprint density at radius 3 is 2.50 bits per heavy atom. The molecule has 3 rings (SSSR count). The van der Waals surface area contributed by atoms with Gasteiger partial charge in [-0.3, -0.25) is 14.5 Å². The molecule has 1 aromatic carbocycles. The highest BCUT2D eigenvalue weighted by molar-refractivity contribution is 9.11. The first-order valence-electron chi connectivity index (χ1n) is 7.46. The van der Waals surface area contributed by atoms with Crippen molar-refractivity contribution in [2.24, 2.45) is 0 Å². The molecule has 3 amide bonds. The summed E-state index contributed by atoms with van der Waals surface area (Å²) in [6.45, 7) is 1.58. The molecule has 124 valence electrons. The average Bonchev–Trinajstić information content (AvgIpc) is 3.13. The van der Waals surface area contributed by atoms with E-state index in [1.54, 1.807) is 12.1 Å². The lowest BCUT2D eigenvalue weighted by atomic mass is 9.87. The van der Waals surface area contributed by atoms with Crippen molar-refractivity contribution in [3.8, 4) is 0 Å². The third-order valence-corrected chi connectivity index (χ3v) is 5.79. The lowest BCUT2D eigenvalue weighted by Gasteiger charge is -2.25. The van der Waals surface area contributed by atoms with E-state index in [9.17, 15) is 14.4 Å². The average molecular weight is 407 g/mol. The van der Waals surface area contributed by atoms with Crippen molar-refractivity contribution in [2.75, 3.05) is 6.54 Å². The van der Waals surface area contributed by atoms with E-state index in [1.807, 2.05) is 37.3 Å². The maximum absolute atomic E-state index is 12.9. The summed E-state index contributed by atoms with van der Waals surface area (Å²) >= 11 is 4.58. The lowest BCUT2D eigenvalue weighted by Crippen LogP contribution is -2.43. The fourth-order valence-corrected chi connectivity index (χ4v) is 4.13. The van der Waals surface area contributed by atoms with E-state index < -0.39 is 11.6 Å². The van der Waals surface area contributed by atoms with E-state index in [4.69, 9.17) is 0 Å². The zero-order valence-electron chi connectivity index (χ0n) is 12.9. The van der Waals surface area contributed by atoms with Crippen molar-refractivity contribution in [1.29, 1.82) is 0 Å². The van der Waals surface area contributed by atoms with Crippen LogP contribution in [-0.2, 0) is 10.3 Å². The molecule has 1 fully saturated rings. The molecule has 1 atom stereocenters. The molecule has 7 heteroatoms. The smallest absolute Gasteiger partial charge is 0.319 e. The van der Waals surface area contributed by atoms with E-state index in [1.165, 1.54) is 11.3 Å². The molecular weight excluding hydrogens is 392 g/mol. The monoisotopic (exact) mass is 406 g/mol. The molecule has 0 aliphatic carbocycles. The molecule has 0 saturated carbocycles. The van der Waals surface area contributed by atoms with Crippen LogP contribution in [0.5, 0.6) is 0 Å². The van der Waals surface area contributed by atoms with Gasteiger partial charge in [-0.25, -0.2) is 4.79 Å². The van der Waals surface area contributed by atoms with Crippen molar-refractivity contribution in [1.82, 2.24) is 10.2 Å². The van der Waals surface area contributed by atoms with Gasteiger partial charge in [0, 0.05) is 0 Å². The van der Waals surface area contributed by atoms with Gasteiger partial charge < -0.3 is 5.32 Å². The summed E-state index contributed by atoms with van der Waals surface area (Å²) in [4.78, 5) is 39.1. The number of halogens is 1. The molecule has 1 aromatic heterocycles. The quantitative estimate of drug-likeness (QED) is 0.609. The number of carbonyl (C=O) groups excluding carboxylic acids is 3. The summed E-state index contributed by atoms with van der Waals surface area (Å²) in [5.41, 5.74) is -0.381. The summed E-state index contributed by atoms with van der Waals surface area (Å²) in [6.07, 6.45) is 0.414. The zero-order chi connectivity index (χ0) is 17.3. The van der Waals surface area contributed by atoms with Crippen molar-refractivity contribution in [3.05, 3.63) is 56.7 Å². The van der Waals surface area contributed by atoms with E-state index >= 15 is 0 Å². The Hall–Kier alpha value is -1.99. The Bertz CT molecular complexity index is 805. The van der Waals surface area contributed by atoms with Crippen LogP contribution < -0.4 is 5.32 Å². The zero-order valence-corrected chi connectivity index (χ0v) is 15.3. The van der Waals surface area contributed by atoms with Gasteiger partial charge in [0.1, 0.15) is 5.54 Å². The second-order valence-electron chi connectivity index (χ2n) is 5.47. The highest BCUT2D eigenvalue weighted by Crippen LogP contribution is 2.32. The fraction of sp³-hybridized carbons (Fsp3) is 0.235. The number of carbonyl (C=O) groups is 3. The number of rotatable bonds is 5. The number of Topliss-reactive ketones (excluding diaryl/α,β-unsaturated/α-hetero) is 1. The van der Waals surface area contributed by atoms with E-state index in [-0.39, 0.29) is 18.2 Å². The third-order valence-electron chi connectivity index (χ3n) is 4.12. The number of nitrogens with one attached hydrogen (secondary N) is 1. The summed E-state index contributed by atoms with van der Waals surface area (Å²) in [7, 11) is 0. The molecule has 24 heavy (non-hydrogen) atoms. The van der Waals surface area contributed by atoms with E-state index in [2.05, 4.69) is 21.2 Å². The lowest BCUT2D eigenvalue weighted by molar-refractivity contribution is -0.131. The Morgan fingerprint density at radius 2 is 1.92 bits per heavy atom. The topological polar surface area (TPSA) is 66.5 Å². The minimum absolute atomic E-state index is 0.255. The molecule has 0 spiro atoms. The number of amides is 3. The Labute approximate surface area is 151 Å². The maximum atomic E-state index is 12.9. The van der Waals surface area contributed by atoms with Crippen molar-refractivity contribution < 1.29 is 14.4 Å². The van der Waals surface area contributed by atoms with Gasteiger partial charge in [0.05, 0.1) is 15.2 Å². The molecule has 1 unspecified atom stereocenters. The minimum Gasteiger partial charge on any atom is -0.319 e. The largest absolute Gasteiger partial charge is 0.325 e. The standard InChI is InChI=1S/C17H15BrN2O3S/c1-2-17(11-6-4-3-5-7-11)15(22)20(16(23)19-17)10-12(21)13-8-9-14(18)24-13/h3-9H,2,10H2,1H3,(H,19,23). The highest BCUT2D eigenvalue weighted by atomic mass is 79.9. The molecule has 2 heterocycles. The van der Waals surface area contributed by atoms with Crippen LogP contribution >= 0.6 is 27.3 Å². The predicted octanol–water partition coefficient (Wildman–Crippen LogP) is 3.55. The predicted molar refractivity (Wildman–Crippen MR) is 95.0 cm³/mol. The van der Waals surface area contributed by atoms with Crippen molar-refractivity contribution in [3.63, 3.8) is 0 Å². The number of thiophene rings is 1. The second-order valence-corrected chi connectivity index (χ2v) is 7.94. The summed E-state index contributed by atoms with van der Waals surface area (Å²) < 4.78 is 0.829. The van der Waals surface area contributed by atoms with Crippen LogP contribution in [0.4, 0.5) is 4.79 Å². The second kappa shape index (κ2) is 6.49. The molecule has 0 bridgehead atoms. The van der Waals surface area contributed by atoms with Gasteiger partial charge in [0.2, 0.25) is 0 Å². The number of urea groups is 1. The Balaban J connectivity index is 1.87. The first-order valence-corrected chi connectivity index (χ1v) is 9.07. The highest BCUT2D eigenvalue weighted by Gasteiger charge is 2.51. The van der Waals surface area contributed by atoms with Gasteiger partial charge >= 0.3 is 6.03 Å². The summed E-state index contributed by atoms with van der Waals surface area (Å²) in [6, 6.07) is 12.0. The van der Waals surface area contributed by atoms with Crippen molar-refractivity contribution >= 4 is 45.0 Å². The first kappa shape index (κ1) is 16.9. The molecule has 1 saturated heterocycles. The summed E-state index contributed by atoms with van der Waals surface area (Å²) in [5, 5.41) is 2.77. The number of hydrogen-bond acceptors (Lipinski definition) is 4. The Morgan fingerprint density at radius 1 is 1.21 bits per heavy atom. The minimum atomic E-state index is -1.10. The number of hydrogen-bond donors (Lipinski definition) is 1. The van der Waals surface area contributed by atoms with Gasteiger partial charge in [0.15, 0.2) is 5.78 Å². The summed E-state index contributed by atoms with van der Waals surface area (Å²) in [5.74, 6) is -0.640. The molecule has 5 nitrogen and oxygen atoms in total. The first-order chi connectivity index (χ1) is 11.5. The number of benzene rings is 1. The van der Waals surface area contributed by atoms with Crippen LogP contribution in [0.15, 0.2) is 46.3 Å². The molecular formula is C17H15BrN2O3S. The molecule has 1 aliphatic heterocycles. The van der Waals surface area contributed by atoms with Crippen LogP contribution in [-0.4, -0.2) is 29.2 Å². The molecule has 0 radical (unpaired) electrons. The van der Waals surface area contributed by atoms with Crippen LogP contribution in [0.2, 0.25) is 0 Å².